The molecule has 4 rings (SSSR count). The van der Waals surface area contributed by atoms with E-state index in [9.17, 15) is 4.79 Å². The largest absolute Gasteiger partial charge is 0.496 e. The highest BCUT2D eigenvalue weighted by molar-refractivity contribution is 6.21. The molecule has 2 aromatic carbocycles. The number of ketones is 1. The lowest BCUT2D eigenvalue weighted by Crippen LogP contribution is -2.07. The summed E-state index contributed by atoms with van der Waals surface area (Å²) in [6.45, 7) is 3.14. The van der Waals surface area contributed by atoms with Gasteiger partial charge in [-0.25, -0.2) is 0 Å². The van der Waals surface area contributed by atoms with Crippen LogP contribution in [0.2, 0.25) is 0 Å². The van der Waals surface area contributed by atoms with Crippen molar-refractivity contribution in [3.8, 4) is 11.8 Å². The molecule has 0 radical (unpaired) electrons. The van der Waals surface area contributed by atoms with Gasteiger partial charge in [0.25, 0.3) is 0 Å². The number of nitrogens with two attached hydrogens (primary N) is 1. The highest BCUT2D eigenvalue weighted by Gasteiger charge is 2.19. The van der Waals surface area contributed by atoms with E-state index in [1.54, 1.807) is 47.9 Å². The van der Waals surface area contributed by atoms with Gasteiger partial charge in [0.1, 0.15) is 5.75 Å². The van der Waals surface area contributed by atoms with Gasteiger partial charge in [0, 0.05) is 28.6 Å². The van der Waals surface area contributed by atoms with Gasteiger partial charge in [-0.1, -0.05) is 6.07 Å². The van der Waals surface area contributed by atoms with Crippen LogP contribution in [0.1, 0.15) is 25.0 Å². The number of hydrogen-bond donors (Lipinski definition) is 2. The van der Waals surface area contributed by atoms with Crippen LogP contribution in [0.25, 0.3) is 22.3 Å². The summed E-state index contributed by atoms with van der Waals surface area (Å²) in [6, 6.07) is 12.7. The molecule has 0 bridgehead atoms. The van der Waals surface area contributed by atoms with Crippen molar-refractivity contribution in [1.29, 1.82) is 5.26 Å². The van der Waals surface area contributed by atoms with Crippen LogP contribution >= 0.6 is 0 Å². The van der Waals surface area contributed by atoms with Crippen LogP contribution in [0.4, 0.5) is 11.6 Å². The molecular formula is C22H19N7O2. The molecule has 9 heteroatoms. The number of allylic oxidation sites excluding steroid dienone is 2. The maximum Gasteiger partial charge on any atom is 0.234 e. The van der Waals surface area contributed by atoms with Crippen LogP contribution < -0.4 is 15.8 Å². The lowest BCUT2D eigenvalue weighted by molar-refractivity contribution is -0.111. The molecular weight excluding hydrogens is 394 g/mol. The average molecular weight is 413 g/mol. The molecule has 154 valence electrons. The molecule has 0 fully saturated rings. The third kappa shape index (κ3) is 3.51. The smallest absolute Gasteiger partial charge is 0.234 e. The Morgan fingerprint density at radius 3 is 2.71 bits per heavy atom. The van der Waals surface area contributed by atoms with Crippen molar-refractivity contribution in [3.05, 3.63) is 59.4 Å². The Kier molecular flexibility index (Phi) is 4.97. The number of rotatable bonds is 5. The molecule has 4 aromatic rings. The second-order valence-electron chi connectivity index (χ2n) is 6.95. The number of nitrogens with zero attached hydrogens (tertiary/aromatic N) is 5. The summed E-state index contributed by atoms with van der Waals surface area (Å²) in [4.78, 5) is 16.7. The normalized spacial score (nSPS) is 11.8. The predicted molar refractivity (Wildman–Crippen MR) is 117 cm³/mol. The minimum Gasteiger partial charge on any atom is -0.496 e. The minimum absolute atomic E-state index is 0.164. The molecule has 0 aliphatic heterocycles. The minimum atomic E-state index is -0.164. The zero-order valence-corrected chi connectivity index (χ0v) is 17.2. The number of benzene rings is 2. The number of carbonyl (C=O) groups excluding carboxylic acids is 1. The Labute approximate surface area is 177 Å². The van der Waals surface area contributed by atoms with Crippen LogP contribution in [-0.2, 0) is 4.79 Å². The Morgan fingerprint density at radius 2 is 2.03 bits per heavy atom. The number of aromatic nitrogens is 4. The summed E-state index contributed by atoms with van der Waals surface area (Å²) < 4.78 is 7.36. The van der Waals surface area contributed by atoms with Crippen LogP contribution in [0.3, 0.4) is 0 Å². The summed E-state index contributed by atoms with van der Waals surface area (Å²) in [7, 11) is 1.53. The van der Waals surface area contributed by atoms with E-state index in [1.807, 2.05) is 6.07 Å². The van der Waals surface area contributed by atoms with Gasteiger partial charge in [0.05, 0.1) is 36.0 Å². The average Bonchev–Trinajstić information content (AvgIpc) is 3.16. The van der Waals surface area contributed by atoms with E-state index in [-0.39, 0.29) is 5.78 Å². The maximum atomic E-state index is 12.2. The molecule has 0 saturated heterocycles. The number of fused-ring (bicyclic) bond motifs is 3. The molecule has 0 atom stereocenters. The monoisotopic (exact) mass is 413 g/mol. The summed E-state index contributed by atoms with van der Waals surface area (Å²) in [5.41, 5.74) is 10.4. The van der Waals surface area contributed by atoms with Gasteiger partial charge in [-0.15, -0.1) is 10.2 Å². The quantitative estimate of drug-likeness (QED) is 0.477. The lowest BCUT2D eigenvalue weighted by Gasteiger charge is -2.14. The highest BCUT2D eigenvalue weighted by atomic mass is 16.5. The van der Waals surface area contributed by atoms with Crippen LogP contribution in [0.5, 0.6) is 5.75 Å². The van der Waals surface area contributed by atoms with E-state index in [0.717, 1.165) is 0 Å². The molecule has 9 nitrogen and oxygen atoms in total. The van der Waals surface area contributed by atoms with Crippen molar-refractivity contribution in [2.75, 3.05) is 12.4 Å². The number of anilines is 2. The van der Waals surface area contributed by atoms with Gasteiger partial charge in [-0.05, 0) is 38.1 Å². The first-order valence-corrected chi connectivity index (χ1v) is 9.39. The number of ether oxygens (including phenoxy) is 1. The van der Waals surface area contributed by atoms with Crippen LogP contribution in [0.15, 0.2) is 48.3 Å². The van der Waals surface area contributed by atoms with Gasteiger partial charge in [0.15, 0.2) is 11.4 Å². The van der Waals surface area contributed by atoms with Crippen molar-refractivity contribution < 1.29 is 9.53 Å². The van der Waals surface area contributed by atoms with Crippen LogP contribution in [0, 0.1) is 11.3 Å². The molecule has 0 spiro atoms. The molecule has 0 amide bonds. The predicted octanol–water partition coefficient (Wildman–Crippen LogP) is 3.18. The SMILES string of the molecule is COc1cc2c(cc1C(C(C)=O)=C(C)N)ncc1nnc(Nc3cccc(C#N)c3)n12. The summed E-state index contributed by atoms with van der Waals surface area (Å²) >= 11 is 0. The van der Waals surface area contributed by atoms with E-state index in [2.05, 4.69) is 26.6 Å². The molecule has 0 aliphatic rings. The number of nitriles is 1. The van der Waals surface area contributed by atoms with Crippen LogP contribution in [-0.4, -0.2) is 32.5 Å². The molecule has 3 N–H and O–H groups in total. The summed E-state index contributed by atoms with van der Waals surface area (Å²) in [5.74, 6) is 0.760. The summed E-state index contributed by atoms with van der Waals surface area (Å²) in [6.07, 6.45) is 1.59. The molecule has 2 heterocycles. The number of carbonyl (C=O) groups is 1. The molecule has 31 heavy (non-hydrogen) atoms. The zero-order valence-electron chi connectivity index (χ0n) is 17.2. The maximum absolute atomic E-state index is 12.2. The molecule has 2 aromatic heterocycles. The van der Waals surface area contributed by atoms with E-state index in [4.69, 9.17) is 15.7 Å². The molecule has 0 aliphatic carbocycles. The Balaban J connectivity index is 1.93. The van der Waals surface area contributed by atoms with Crippen molar-refractivity contribution in [1.82, 2.24) is 19.6 Å². The first-order chi connectivity index (χ1) is 14.9. The molecule has 0 saturated carbocycles. The first-order valence-electron chi connectivity index (χ1n) is 9.39. The zero-order chi connectivity index (χ0) is 22.1. The van der Waals surface area contributed by atoms with Gasteiger partial charge in [-0.2, -0.15) is 5.26 Å². The van der Waals surface area contributed by atoms with E-state index in [1.165, 1.54) is 14.0 Å². The second kappa shape index (κ2) is 7.76. The van der Waals surface area contributed by atoms with E-state index < -0.39 is 0 Å². The van der Waals surface area contributed by atoms with E-state index in [0.29, 0.717) is 56.5 Å². The fraction of sp³-hybridized carbons (Fsp3) is 0.136. The first kappa shape index (κ1) is 19.8. The number of hydrogen-bond acceptors (Lipinski definition) is 8. The third-order valence-electron chi connectivity index (χ3n) is 4.81. The second-order valence-corrected chi connectivity index (χ2v) is 6.95. The van der Waals surface area contributed by atoms with Crippen molar-refractivity contribution in [2.24, 2.45) is 5.73 Å². The van der Waals surface area contributed by atoms with Gasteiger partial charge in [0.2, 0.25) is 5.95 Å². The van der Waals surface area contributed by atoms with Crippen molar-refractivity contribution in [3.63, 3.8) is 0 Å². The van der Waals surface area contributed by atoms with E-state index >= 15 is 0 Å². The van der Waals surface area contributed by atoms with Gasteiger partial charge < -0.3 is 15.8 Å². The highest BCUT2D eigenvalue weighted by Crippen LogP contribution is 2.33. The number of methoxy groups -OCH3 is 1. The van der Waals surface area contributed by atoms with Gasteiger partial charge in [-0.3, -0.25) is 14.2 Å². The Bertz CT molecular complexity index is 1410. The van der Waals surface area contributed by atoms with Gasteiger partial charge >= 0.3 is 0 Å². The Morgan fingerprint density at radius 1 is 1.23 bits per heavy atom. The van der Waals surface area contributed by atoms with Crippen molar-refractivity contribution in [2.45, 2.75) is 13.8 Å². The van der Waals surface area contributed by atoms with Crippen molar-refractivity contribution >= 4 is 39.7 Å². The fourth-order valence-electron chi connectivity index (χ4n) is 3.51. The number of nitrogens with one attached hydrogen (secondary N) is 1. The fourth-order valence-corrected chi connectivity index (χ4v) is 3.51. The Hall–Kier alpha value is -4.45. The molecule has 0 unspecified atom stereocenters. The third-order valence-corrected chi connectivity index (χ3v) is 4.81. The standard InChI is InChI=1S/C22H19N7O2/c1-12(24)21(13(2)30)16-8-17-18(9-19(16)31-3)29-20(11-25-17)27-28-22(29)26-15-6-4-5-14(7-15)10-23/h4-9,11H,24H2,1-3H3,(H,26,28). The topological polar surface area (TPSA) is 131 Å². The summed E-state index contributed by atoms with van der Waals surface area (Å²) in [5, 5.41) is 20.7. The number of Topliss-reactive ketones (excluding diaryl/α,β-unsaturated/α-hetero) is 1. The lowest BCUT2D eigenvalue weighted by atomic mass is 9.99.